The topological polar surface area (TPSA) is 24.5 Å². The van der Waals surface area contributed by atoms with Gasteiger partial charge in [0.1, 0.15) is 0 Å². The van der Waals surface area contributed by atoms with Crippen molar-refractivity contribution in [2.24, 2.45) is 0 Å². The molecule has 0 amide bonds. The van der Waals surface area contributed by atoms with Crippen LogP contribution in [0.5, 0.6) is 0 Å². The number of anilines is 1. The van der Waals surface area contributed by atoms with E-state index in [1.165, 1.54) is 24.1 Å². The smallest absolute Gasteiger partial charge is 0.0746 e. The molecule has 1 saturated heterocycles. The van der Waals surface area contributed by atoms with Gasteiger partial charge in [-0.2, -0.15) is 0 Å². The quantitative estimate of drug-likeness (QED) is 0.883. The molecule has 19 heavy (non-hydrogen) atoms. The lowest BCUT2D eigenvalue weighted by molar-refractivity contribution is 0.0893. The van der Waals surface area contributed by atoms with Crippen LogP contribution >= 0.6 is 0 Å². The zero-order valence-electron chi connectivity index (χ0n) is 12.4. The standard InChI is InChI=1S/C16H26N2O/c1-4-17-13(2)14-7-9-15(10-8-14)18-11-5-6-16(12-18)19-3/h7-10,13,16-17H,4-6,11-12H2,1-3H3. The fourth-order valence-electron chi connectivity index (χ4n) is 2.76. The van der Waals surface area contributed by atoms with Gasteiger partial charge in [-0.15, -0.1) is 0 Å². The van der Waals surface area contributed by atoms with Crippen molar-refractivity contribution in [3.8, 4) is 0 Å². The fourth-order valence-corrected chi connectivity index (χ4v) is 2.76. The zero-order valence-corrected chi connectivity index (χ0v) is 12.4. The third-order valence-corrected chi connectivity index (χ3v) is 3.98. The molecular formula is C16H26N2O. The Hall–Kier alpha value is -1.06. The van der Waals surface area contributed by atoms with Crippen molar-refractivity contribution in [2.75, 3.05) is 31.6 Å². The van der Waals surface area contributed by atoms with Crippen LogP contribution in [0.1, 0.15) is 38.3 Å². The average Bonchev–Trinajstić information content (AvgIpc) is 2.48. The van der Waals surface area contributed by atoms with E-state index in [9.17, 15) is 0 Å². The molecule has 0 aliphatic carbocycles. The lowest BCUT2D eigenvalue weighted by Crippen LogP contribution is -2.39. The Bertz CT molecular complexity index is 377. The number of piperidine rings is 1. The number of rotatable bonds is 5. The van der Waals surface area contributed by atoms with E-state index in [0.717, 1.165) is 19.6 Å². The molecule has 1 N–H and O–H groups in total. The van der Waals surface area contributed by atoms with Gasteiger partial charge in [0.2, 0.25) is 0 Å². The average molecular weight is 262 g/mol. The normalized spacial score (nSPS) is 21.4. The molecule has 1 aromatic rings. The first-order valence-electron chi connectivity index (χ1n) is 7.35. The highest BCUT2D eigenvalue weighted by molar-refractivity contribution is 5.48. The molecule has 1 aromatic carbocycles. The van der Waals surface area contributed by atoms with Crippen molar-refractivity contribution >= 4 is 5.69 Å². The van der Waals surface area contributed by atoms with Crippen LogP contribution in [0, 0.1) is 0 Å². The van der Waals surface area contributed by atoms with Crippen molar-refractivity contribution in [3.05, 3.63) is 29.8 Å². The first kappa shape index (κ1) is 14.4. The highest BCUT2D eigenvalue weighted by Gasteiger charge is 2.19. The molecule has 2 rings (SSSR count). The van der Waals surface area contributed by atoms with E-state index in [1.54, 1.807) is 0 Å². The highest BCUT2D eigenvalue weighted by Crippen LogP contribution is 2.23. The summed E-state index contributed by atoms with van der Waals surface area (Å²) in [7, 11) is 1.81. The van der Waals surface area contributed by atoms with Gasteiger partial charge >= 0.3 is 0 Å². The Labute approximate surface area is 116 Å². The Kier molecular flexibility index (Phi) is 5.23. The fraction of sp³-hybridized carbons (Fsp3) is 0.625. The third kappa shape index (κ3) is 3.71. The van der Waals surface area contributed by atoms with Crippen LogP contribution < -0.4 is 10.2 Å². The number of hydrogen-bond donors (Lipinski definition) is 1. The molecule has 1 heterocycles. The maximum absolute atomic E-state index is 5.49. The first-order valence-corrected chi connectivity index (χ1v) is 7.35. The number of benzene rings is 1. The molecule has 2 atom stereocenters. The van der Waals surface area contributed by atoms with Gasteiger partial charge in [0.05, 0.1) is 6.10 Å². The summed E-state index contributed by atoms with van der Waals surface area (Å²) in [6.07, 6.45) is 2.78. The molecule has 0 radical (unpaired) electrons. The van der Waals surface area contributed by atoms with Crippen LogP contribution in [0.25, 0.3) is 0 Å². The summed E-state index contributed by atoms with van der Waals surface area (Å²) >= 11 is 0. The van der Waals surface area contributed by atoms with Crippen LogP contribution in [-0.2, 0) is 4.74 Å². The van der Waals surface area contributed by atoms with E-state index in [2.05, 4.69) is 48.3 Å². The molecule has 0 saturated carbocycles. The molecule has 1 aliphatic rings. The minimum atomic E-state index is 0.383. The summed E-state index contributed by atoms with van der Waals surface area (Å²) in [5.41, 5.74) is 2.67. The highest BCUT2D eigenvalue weighted by atomic mass is 16.5. The Morgan fingerprint density at radius 2 is 2.11 bits per heavy atom. The van der Waals surface area contributed by atoms with Gasteiger partial charge in [0.15, 0.2) is 0 Å². The van der Waals surface area contributed by atoms with Crippen molar-refractivity contribution in [1.29, 1.82) is 0 Å². The SMILES string of the molecule is CCNC(C)c1ccc(N2CCCC(OC)C2)cc1. The van der Waals surface area contributed by atoms with Crippen molar-refractivity contribution in [3.63, 3.8) is 0 Å². The lowest BCUT2D eigenvalue weighted by atomic mass is 10.0. The minimum absolute atomic E-state index is 0.383. The van der Waals surface area contributed by atoms with Crippen molar-refractivity contribution < 1.29 is 4.74 Å². The van der Waals surface area contributed by atoms with E-state index >= 15 is 0 Å². The van der Waals surface area contributed by atoms with E-state index in [-0.39, 0.29) is 0 Å². The molecule has 106 valence electrons. The van der Waals surface area contributed by atoms with E-state index in [4.69, 9.17) is 4.74 Å². The molecule has 0 aromatic heterocycles. The maximum Gasteiger partial charge on any atom is 0.0746 e. The number of ether oxygens (including phenoxy) is 1. The summed E-state index contributed by atoms with van der Waals surface area (Å²) in [6, 6.07) is 9.37. The molecule has 0 bridgehead atoms. The maximum atomic E-state index is 5.49. The molecule has 1 fully saturated rings. The van der Waals surface area contributed by atoms with Gasteiger partial charge in [-0.25, -0.2) is 0 Å². The molecule has 3 nitrogen and oxygen atoms in total. The molecule has 0 spiro atoms. The molecule has 1 aliphatic heterocycles. The zero-order chi connectivity index (χ0) is 13.7. The summed E-state index contributed by atoms with van der Waals surface area (Å²) in [6.45, 7) is 7.51. The summed E-state index contributed by atoms with van der Waals surface area (Å²) < 4.78 is 5.49. The third-order valence-electron chi connectivity index (χ3n) is 3.98. The van der Waals surface area contributed by atoms with Gasteiger partial charge in [0.25, 0.3) is 0 Å². The molecular weight excluding hydrogens is 236 g/mol. The van der Waals surface area contributed by atoms with E-state index in [1.807, 2.05) is 7.11 Å². The first-order chi connectivity index (χ1) is 9.24. The second kappa shape index (κ2) is 6.92. The van der Waals surface area contributed by atoms with Crippen LogP contribution in [-0.4, -0.2) is 32.8 Å². The van der Waals surface area contributed by atoms with Gasteiger partial charge in [-0.3, -0.25) is 0 Å². The summed E-state index contributed by atoms with van der Waals surface area (Å²) in [5, 5.41) is 3.44. The van der Waals surface area contributed by atoms with Gasteiger partial charge < -0.3 is 15.0 Å². The number of methoxy groups -OCH3 is 1. The van der Waals surface area contributed by atoms with Crippen LogP contribution in [0.3, 0.4) is 0 Å². The van der Waals surface area contributed by atoms with E-state index in [0.29, 0.717) is 12.1 Å². The largest absolute Gasteiger partial charge is 0.380 e. The monoisotopic (exact) mass is 262 g/mol. The summed E-state index contributed by atoms with van der Waals surface area (Å²) in [4.78, 5) is 2.43. The van der Waals surface area contributed by atoms with Crippen molar-refractivity contribution in [2.45, 2.75) is 38.8 Å². The Morgan fingerprint density at radius 3 is 2.74 bits per heavy atom. The van der Waals surface area contributed by atoms with Gasteiger partial charge in [0, 0.05) is 31.9 Å². The predicted octanol–water partition coefficient (Wildman–Crippen LogP) is 2.97. The summed E-state index contributed by atoms with van der Waals surface area (Å²) in [5.74, 6) is 0. The molecule has 3 heteroatoms. The van der Waals surface area contributed by atoms with Crippen molar-refractivity contribution in [1.82, 2.24) is 5.32 Å². The number of hydrogen-bond acceptors (Lipinski definition) is 3. The van der Waals surface area contributed by atoms with E-state index < -0.39 is 0 Å². The Balaban J connectivity index is 2.01. The molecule has 2 unspecified atom stereocenters. The van der Waals surface area contributed by atoms with Crippen LogP contribution in [0.2, 0.25) is 0 Å². The van der Waals surface area contributed by atoms with Crippen LogP contribution in [0.15, 0.2) is 24.3 Å². The second-order valence-electron chi connectivity index (χ2n) is 5.32. The van der Waals surface area contributed by atoms with Crippen LogP contribution in [0.4, 0.5) is 5.69 Å². The minimum Gasteiger partial charge on any atom is -0.380 e. The second-order valence-corrected chi connectivity index (χ2v) is 5.32. The number of nitrogens with zero attached hydrogens (tertiary/aromatic N) is 1. The van der Waals surface area contributed by atoms with Gasteiger partial charge in [-0.1, -0.05) is 19.1 Å². The lowest BCUT2D eigenvalue weighted by Gasteiger charge is -2.33. The van der Waals surface area contributed by atoms with Gasteiger partial charge in [-0.05, 0) is 44.0 Å². The Morgan fingerprint density at radius 1 is 1.37 bits per heavy atom. The predicted molar refractivity (Wildman–Crippen MR) is 80.8 cm³/mol. The number of nitrogens with one attached hydrogen (secondary N) is 1.